The number of carbonyl (C=O) groups excluding carboxylic acids is 1. The van der Waals surface area contributed by atoms with Gasteiger partial charge in [0.15, 0.2) is 5.78 Å². The fourth-order valence-corrected chi connectivity index (χ4v) is 3.35. The van der Waals surface area contributed by atoms with Crippen molar-refractivity contribution in [2.24, 2.45) is 0 Å². The van der Waals surface area contributed by atoms with Crippen molar-refractivity contribution in [3.8, 4) is 11.8 Å². The molecule has 1 saturated heterocycles. The van der Waals surface area contributed by atoms with Gasteiger partial charge < -0.3 is 4.74 Å². The van der Waals surface area contributed by atoms with E-state index in [0.717, 1.165) is 36.5 Å². The number of carbonyl (C=O) groups is 1. The van der Waals surface area contributed by atoms with Crippen LogP contribution in [0.1, 0.15) is 46.3 Å². The van der Waals surface area contributed by atoms with Gasteiger partial charge in [-0.15, -0.1) is 0 Å². The van der Waals surface area contributed by atoms with Crippen LogP contribution in [0.4, 0.5) is 0 Å². The summed E-state index contributed by atoms with van der Waals surface area (Å²) in [4.78, 5) is 15.0. The average Bonchev–Trinajstić information content (AvgIpc) is 2.73. The van der Waals surface area contributed by atoms with E-state index in [1.807, 2.05) is 30.3 Å². The molecule has 0 saturated carbocycles. The van der Waals surface area contributed by atoms with Gasteiger partial charge >= 0.3 is 0 Å². The smallest absolute Gasteiger partial charge is 0.185 e. The van der Waals surface area contributed by atoms with Crippen molar-refractivity contribution in [2.45, 2.75) is 25.8 Å². The number of allylic oxidation sites excluding steroid dienone is 1. The Bertz CT molecular complexity index is 857. The Morgan fingerprint density at radius 2 is 1.89 bits per heavy atom. The highest BCUT2D eigenvalue weighted by molar-refractivity contribution is 6.07. The SMILES string of the molecule is COc1ccc(C(=O)/C=C/c2ccc(C#N)cc2)cc1CN1CCCCC1. The average molecular weight is 360 g/mol. The highest BCUT2D eigenvalue weighted by atomic mass is 16.5. The molecule has 0 aromatic heterocycles. The van der Waals surface area contributed by atoms with Crippen LogP contribution in [-0.4, -0.2) is 30.9 Å². The zero-order chi connectivity index (χ0) is 19.1. The third-order valence-corrected chi connectivity index (χ3v) is 4.87. The molecular weight excluding hydrogens is 336 g/mol. The number of likely N-dealkylation sites (tertiary alicyclic amines) is 1. The van der Waals surface area contributed by atoms with E-state index in [-0.39, 0.29) is 5.78 Å². The van der Waals surface area contributed by atoms with Crippen LogP contribution < -0.4 is 4.74 Å². The lowest BCUT2D eigenvalue weighted by Crippen LogP contribution is -2.29. The van der Waals surface area contributed by atoms with Gasteiger partial charge in [0, 0.05) is 17.7 Å². The Hall–Kier alpha value is -2.90. The Balaban J connectivity index is 1.74. The van der Waals surface area contributed by atoms with Crippen LogP contribution in [-0.2, 0) is 6.54 Å². The fraction of sp³-hybridized carbons (Fsp3) is 0.304. The molecule has 2 aromatic rings. The summed E-state index contributed by atoms with van der Waals surface area (Å²) in [5.74, 6) is 0.787. The van der Waals surface area contributed by atoms with Crippen molar-refractivity contribution in [2.75, 3.05) is 20.2 Å². The van der Waals surface area contributed by atoms with Crippen molar-refractivity contribution >= 4 is 11.9 Å². The topological polar surface area (TPSA) is 53.3 Å². The van der Waals surface area contributed by atoms with Gasteiger partial charge in [0.2, 0.25) is 0 Å². The van der Waals surface area contributed by atoms with E-state index in [0.29, 0.717) is 11.1 Å². The third-order valence-electron chi connectivity index (χ3n) is 4.87. The third kappa shape index (κ3) is 5.06. The molecule has 1 fully saturated rings. The van der Waals surface area contributed by atoms with Gasteiger partial charge in [0.25, 0.3) is 0 Å². The molecule has 1 aliphatic heterocycles. The number of benzene rings is 2. The van der Waals surface area contributed by atoms with Crippen LogP contribution in [0.5, 0.6) is 5.75 Å². The van der Waals surface area contributed by atoms with E-state index in [2.05, 4.69) is 11.0 Å². The molecule has 4 nitrogen and oxygen atoms in total. The summed E-state index contributed by atoms with van der Waals surface area (Å²) in [6.07, 6.45) is 7.11. The quantitative estimate of drug-likeness (QED) is 0.564. The van der Waals surface area contributed by atoms with Crippen molar-refractivity contribution in [3.63, 3.8) is 0 Å². The first-order chi connectivity index (χ1) is 13.2. The molecule has 0 N–H and O–H groups in total. The fourth-order valence-electron chi connectivity index (χ4n) is 3.35. The number of nitriles is 1. The molecular formula is C23H24N2O2. The number of hydrogen-bond acceptors (Lipinski definition) is 4. The summed E-state index contributed by atoms with van der Waals surface area (Å²) in [5, 5.41) is 8.85. The first-order valence-electron chi connectivity index (χ1n) is 9.31. The predicted octanol–water partition coefficient (Wildman–Crippen LogP) is 4.45. The minimum atomic E-state index is -0.0399. The molecule has 0 bridgehead atoms. The van der Waals surface area contributed by atoms with Crippen LogP contribution in [0.15, 0.2) is 48.5 Å². The minimum absolute atomic E-state index is 0.0399. The lowest BCUT2D eigenvalue weighted by Gasteiger charge is -2.27. The van der Waals surface area contributed by atoms with Crippen LogP contribution in [0.3, 0.4) is 0 Å². The Morgan fingerprint density at radius 3 is 2.56 bits per heavy atom. The van der Waals surface area contributed by atoms with Crippen LogP contribution in [0.2, 0.25) is 0 Å². The Morgan fingerprint density at radius 1 is 1.15 bits per heavy atom. The van der Waals surface area contributed by atoms with Gasteiger partial charge in [0.1, 0.15) is 5.75 Å². The molecule has 4 heteroatoms. The predicted molar refractivity (Wildman–Crippen MR) is 107 cm³/mol. The highest BCUT2D eigenvalue weighted by Gasteiger charge is 2.14. The molecule has 0 spiro atoms. The second kappa shape index (κ2) is 9.16. The number of ketones is 1. The maximum absolute atomic E-state index is 12.6. The number of piperidine rings is 1. The van der Waals surface area contributed by atoms with Gasteiger partial charge in [-0.25, -0.2) is 0 Å². The zero-order valence-electron chi connectivity index (χ0n) is 15.6. The minimum Gasteiger partial charge on any atom is -0.496 e. The maximum Gasteiger partial charge on any atom is 0.185 e. The van der Waals surface area contributed by atoms with E-state index in [1.165, 1.54) is 19.3 Å². The van der Waals surface area contributed by atoms with Gasteiger partial charge in [0.05, 0.1) is 18.7 Å². The van der Waals surface area contributed by atoms with E-state index >= 15 is 0 Å². The van der Waals surface area contributed by atoms with E-state index < -0.39 is 0 Å². The first kappa shape index (κ1) is 18.9. The largest absolute Gasteiger partial charge is 0.496 e. The van der Waals surface area contributed by atoms with Crippen molar-refractivity contribution in [3.05, 3.63) is 70.8 Å². The molecule has 3 rings (SSSR count). The number of hydrogen-bond donors (Lipinski definition) is 0. The number of rotatable bonds is 6. The standard InChI is InChI=1S/C23H24N2O2/c1-27-23-12-10-20(15-21(23)17-25-13-3-2-4-14-25)22(26)11-9-18-5-7-19(16-24)8-6-18/h5-12,15H,2-4,13-14,17H2,1H3/b11-9+. The Labute approximate surface area is 160 Å². The molecule has 138 valence electrons. The van der Waals surface area contributed by atoms with Gasteiger partial charge in [-0.2, -0.15) is 5.26 Å². The summed E-state index contributed by atoms with van der Waals surface area (Å²) in [5.41, 5.74) is 3.21. The van der Waals surface area contributed by atoms with Crippen LogP contribution >= 0.6 is 0 Å². The van der Waals surface area contributed by atoms with Crippen molar-refractivity contribution in [1.82, 2.24) is 4.90 Å². The van der Waals surface area contributed by atoms with Crippen molar-refractivity contribution < 1.29 is 9.53 Å². The lowest BCUT2D eigenvalue weighted by molar-refractivity contribution is 0.104. The van der Waals surface area contributed by atoms with E-state index in [1.54, 1.807) is 31.4 Å². The maximum atomic E-state index is 12.6. The van der Waals surface area contributed by atoms with Crippen LogP contribution in [0, 0.1) is 11.3 Å². The normalized spacial score (nSPS) is 14.8. The molecule has 1 aliphatic rings. The monoisotopic (exact) mass is 360 g/mol. The molecule has 2 aromatic carbocycles. The second-order valence-electron chi connectivity index (χ2n) is 6.79. The van der Waals surface area contributed by atoms with Gasteiger partial charge in [-0.3, -0.25) is 9.69 Å². The number of nitrogens with zero attached hydrogens (tertiary/aromatic N) is 2. The zero-order valence-corrected chi connectivity index (χ0v) is 15.6. The summed E-state index contributed by atoms with van der Waals surface area (Å²) in [7, 11) is 1.67. The first-order valence-corrected chi connectivity index (χ1v) is 9.31. The Kier molecular flexibility index (Phi) is 6.40. The highest BCUT2D eigenvalue weighted by Crippen LogP contribution is 2.24. The molecule has 0 atom stereocenters. The van der Waals surface area contributed by atoms with Crippen LogP contribution in [0.25, 0.3) is 6.08 Å². The molecule has 27 heavy (non-hydrogen) atoms. The lowest BCUT2D eigenvalue weighted by atomic mass is 10.0. The summed E-state index contributed by atoms with van der Waals surface area (Å²) in [6, 6.07) is 14.9. The molecule has 0 radical (unpaired) electrons. The molecule has 1 heterocycles. The summed E-state index contributed by atoms with van der Waals surface area (Å²) in [6.45, 7) is 3.00. The summed E-state index contributed by atoms with van der Waals surface area (Å²) < 4.78 is 5.49. The number of ether oxygens (including phenoxy) is 1. The van der Waals surface area contributed by atoms with E-state index in [4.69, 9.17) is 10.00 Å². The molecule has 0 amide bonds. The molecule has 0 unspecified atom stereocenters. The van der Waals surface area contributed by atoms with Gasteiger partial charge in [-0.1, -0.05) is 24.6 Å². The van der Waals surface area contributed by atoms with Crippen molar-refractivity contribution in [1.29, 1.82) is 5.26 Å². The summed E-state index contributed by atoms with van der Waals surface area (Å²) >= 11 is 0. The second-order valence-corrected chi connectivity index (χ2v) is 6.79. The van der Waals surface area contributed by atoms with E-state index in [9.17, 15) is 4.79 Å². The van der Waals surface area contributed by atoms with Gasteiger partial charge in [-0.05, 0) is 67.9 Å². The molecule has 0 aliphatic carbocycles. The number of methoxy groups -OCH3 is 1.